The maximum atomic E-state index is 6.56. The molecule has 5 atom stereocenters. The normalized spacial score (nSPS) is 49.4. The van der Waals surface area contributed by atoms with Crippen LogP contribution in [-0.4, -0.2) is 22.9 Å². The molecule has 1 saturated carbocycles. The number of hydrogen-bond donors (Lipinski definition) is 0. The van der Waals surface area contributed by atoms with Gasteiger partial charge in [0.15, 0.2) is 0 Å². The first kappa shape index (κ1) is 16.8. The molecule has 2 heteroatoms. The van der Waals surface area contributed by atoms with E-state index in [9.17, 15) is 0 Å². The molecule has 3 rings (SSSR count). The van der Waals surface area contributed by atoms with Crippen LogP contribution in [0.15, 0.2) is 0 Å². The second-order valence-electron chi connectivity index (χ2n) is 9.85. The zero-order chi connectivity index (χ0) is 16.6. The minimum Gasteiger partial charge on any atom is -0.367 e. The van der Waals surface area contributed by atoms with Crippen molar-refractivity contribution in [2.75, 3.05) is 0 Å². The van der Waals surface area contributed by atoms with Crippen LogP contribution in [-0.2, 0) is 9.47 Å². The summed E-state index contributed by atoms with van der Waals surface area (Å²) in [7, 11) is 0. The van der Waals surface area contributed by atoms with E-state index in [2.05, 4.69) is 55.4 Å². The van der Waals surface area contributed by atoms with Crippen LogP contribution in [0, 0.1) is 23.2 Å². The van der Waals surface area contributed by atoms with Gasteiger partial charge in [0.05, 0.1) is 17.3 Å². The fourth-order valence-electron chi connectivity index (χ4n) is 5.74. The van der Waals surface area contributed by atoms with E-state index in [1.165, 1.54) is 12.8 Å². The van der Waals surface area contributed by atoms with Gasteiger partial charge in [-0.15, -0.1) is 0 Å². The SMILES string of the molecule is CC(C)[C@@H]1[C@@](C)(C(C)C)CC[C@@]12OC2(C)CCC1OC1(C)C. The van der Waals surface area contributed by atoms with E-state index >= 15 is 0 Å². The zero-order valence-corrected chi connectivity index (χ0v) is 16.0. The zero-order valence-electron chi connectivity index (χ0n) is 16.0. The van der Waals surface area contributed by atoms with Crippen molar-refractivity contribution in [2.24, 2.45) is 23.2 Å². The van der Waals surface area contributed by atoms with Crippen LogP contribution in [0.4, 0.5) is 0 Å². The maximum absolute atomic E-state index is 6.56. The van der Waals surface area contributed by atoms with Gasteiger partial charge in [0.2, 0.25) is 0 Å². The molecule has 1 aliphatic carbocycles. The summed E-state index contributed by atoms with van der Waals surface area (Å²) in [6.45, 7) is 18.9. The predicted molar refractivity (Wildman–Crippen MR) is 90.9 cm³/mol. The van der Waals surface area contributed by atoms with Crippen molar-refractivity contribution >= 4 is 0 Å². The van der Waals surface area contributed by atoms with E-state index in [0.29, 0.717) is 23.4 Å². The lowest BCUT2D eigenvalue weighted by Gasteiger charge is -2.40. The fourth-order valence-corrected chi connectivity index (χ4v) is 5.74. The van der Waals surface area contributed by atoms with Gasteiger partial charge < -0.3 is 9.47 Å². The Morgan fingerprint density at radius 1 is 1.00 bits per heavy atom. The summed E-state index contributed by atoms with van der Waals surface area (Å²) in [5, 5.41) is 0. The van der Waals surface area contributed by atoms with Gasteiger partial charge in [0, 0.05) is 0 Å². The fraction of sp³-hybridized carbons (Fsp3) is 1.00. The standard InChI is InChI=1S/C20H36O2/c1-13(2)16-18(7,14(3)4)11-12-20(16)19(8,22-20)10-9-15-17(5,6)21-15/h13-16H,9-12H2,1-8H3/t15?,16-,18-,19?,20-/m1/s1. The lowest BCUT2D eigenvalue weighted by atomic mass is 9.63. The molecule has 22 heavy (non-hydrogen) atoms. The molecule has 2 unspecified atom stereocenters. The molecule has 2 nitrogen and oxygen atoms in total. The molecule has 128 valence electrons. The van der Waals surface area contributed by atoms with E-state index in [0.717, 1.165) is 18.8 Å². The van der Waals surface area contributed by atoms with Crippen LogP contribution in [0.1, 0.15) is 81.1 Å². The van der Waals surface area contributed by atoms with E-state index < -0.39 is 0 Å². The van der Waals surface area contributed by atoms with Crippen LogP contribution in [0.5, 0.6) is 0 Å². The highest BCUT2D eigenvalue weighted by atomic mass is 16.6. The van der Waals surface area contributed by atoms with Gasteiger partial charge in [-0.05, 0) is 69.6 Å². The van der Waals surface area contributed by atoms with E-state index in [4.69, 9.17) is 9.47 Å². The van der Waals surface area contributed by atoms with Crippen molar-refractivity contribution in [3.8, 4) is 0 Å². The average molecular weight is 309 g/mol. The summed E-state index contributed by atoms with van der Waals surface area (Å²) in [6.07, 6.45) is 5.30. The molecule has 2 heterocycles. The molecule has 2 aliphatic heterocycles. The van der Waals surface area contributed by atoms with Crippen molar-refractivity contribution in [3.63, 3.8) is 0 Å². The van der Waals surface area contributed by atoms with Crippen LogP contribution < -0.4 is 0 Å². The molecule has 3 fully saturated rings. The Morgan fingerprint density at radius 3 is 2.05 bits per heavy atom. The molecule has 0 amide bonds. The Bertz CT molecular complexity index is 451. The lowest BCUT2D eigenvalue weighted by molar-refractivity contribution is 0.0673. The van der Waals surface area contributed by atoms with E-state index in [-0.39, 0.29) is 16.8 Å². The highest BCUT2D eigenvalue weighted by Crippen LogP contribution is 2.70. The third-order valence-corrected chi connectivity index (χ3v) is 7.54. The summed E-state index contributed by atoms with van der Waals surface area (Å²) in [4.78, 5) is 0. The molecule has 0 aromatic carbocycles. The molecule has 3 aliphatic rings. The highest BCUT2D eigenvalue weighted by Gasteiger charge is 2.76. The Morgan fingerprint density at radius 2 is 1.59 bits per heavy atom. The molecular formula is C20H36O2. The smallest absolute Gasteiger partial charge is 0.101 e. The summed E-state index contributed by atoms with van der Waals surface area (Å²) in [6, 6.07) is 0. The Balaban J connectivity index is 1.74. The van der Waals surface area contributed by atoms with Crippen LogP contribution in [0.25, 0.3) is 0 Å². The van der Waals surface area contributed by atoms with Crippen LogP contribution in [0.2, 0.25) is 0 Å². The highest BCUT2D eigenvalue weighted by molar-refractivity contribution is 5.24. The molecule has 0 N–H and O–H groups in total. The van der Waals surface area contributed by atoms with Gasteiger partial charge in [-0.3, -0.25) is 0 Å². The molecule has 0 aromatic rings. The summed E-state index contributed by atoms with van der Waals surface area (Å²) >= 11 is 0. The first-order valence-corrected chi connectivity index (χ1v) is 9.36. The second-order valence-corrected chi connectivity index (χ2v) is 9.85. The minimum atomic E-state index is 0.0800. The first-order valence-electron chi connectivity index (χ1n) is 9.36. The summed E-state index contributed by atoms with van der Waals surface area (Å²) in [5.41, 5.74) is 0.745. The molecule has 0 aromatic heterocycles. The van der Waals surface area contributed by atoms with E-state index in [1.54, 1.807) is 0 Å². The van der Waals surface area contributed by atoms with Gasteiger partial charge in [0.1, 0.15) is 5.60 Å². The first-order chi connectivity index (χ1) is 9.99. The number of rotatable bonds is 5. The van der Waals surface area contributed by atoms with Crippen molar-refractivity contribution in [3.05, 3.63) is 0 Å². The van der Waals surface area contributed by atoms with Gasteiger partial charge in [-0.1, -0.05) is 34.6 Å². The summed E-state index contributed by atoms with van der Waals surface area (Å²) < 4.78 is 12.3. The van der Waals surface area contributed by atoms with Crippen molar-refractivity contribution in [1.29, 1.82) is 0 Å². The van der Waals surface area contributed by atoms with Gasteiger partial charge in [0.25, 0.3) is 0 Å². The Labute approximate surface area is 137 Å². The van der Waals surface area contributed by atoms with Gasteiger partial charge in [-0.2, -0.15) is 0 Å². The topological polar surface area (TPSA) is 25.1 Å². The molecular weight excluding hydrogens is 272 g/mol. The Hall–Kier alpha value is -0.0800. The largest absolute Gasteiger partial charge is 0.367 e. The predicted octanol–water partition coefficient (Wildman–Crippen LogP) is 5.20. The van der Waals surface area contributed by atoms with Crippen molar-refractivity contribution in [2.45, 2.75) is 104 Å². The minimum absolute atomic E-state index is 0.0800. The number of hydrogen-bond acceptors (Lipinski definition) is 2. The summed E-state index contributed by atoms with van der Waals surface area (Å²) in [5.74, 6) is 2.09. The van der Waals surface area contributed by atoms with Crippen molar-refractivity contribution < 1.29 is 9.47 Å². The second kappa shape index (κ2) is 4.72. The van der Waals surface area contributed by atoms with Gasteiger partial charge in [-0.25, -0.2) is 0 Å². The average Bonchev–Trinajstić information content (AvgIpc) is 3.12. The third-order valence-electron chi connectivity index (χ3n) is 7.54. The molecule has 0 radical (unpaired) electrons. The van der Waals surface area contributed by atoms with Crippen LogP contribution in [0.3, 0.4) is 0 Å². The lowest BCUT2D eigenvalue weighted by Crippen LogP contribution is -2.40. The van der Waals surface area contributed by atoms with Gasteiger partial charge >= 0.3 is 0 Å². The van der Waals surface area contributed by atoms with Crippen LogP contribution >= 0.6 is 0 Å². The molecule has 2 saturated heterocycles. The number of ether oxygens (including phenoxy) is 2. The number of epoxide rings is 2. The van der Waals surface area contributed by atoms with Crippen molar-refractivity contribution in [1.82, 2.24) is 0 Å². The molecule has 1 spiro atoms. The Kier molecular flexibility index (Phi) is 3.60. The molecule has 0 bridgehead atoms. The van der Waals surface area contributed by atoms with E-state index in [1.807, 2.05) is 0 Å². The third kappa shape index (κ3) is 2.20. The monoisotopic (exact) mass is 308 g/mol. The maximum Gasteiger partial charge on any atom is 0.101 e. The quantitative estimate of drug-likeness (QED) is 0.652.